The van der Waals surface area contributed by atoms with Gasteiger partial charge in [-0.25, -0.2) is 0 Å². The third kappa shape index (κ3) is 4.54. The van der Waals surface area contributed by atoms with Gasteiger partial charge in [-0.05, 0) is 12.1 Å². The highest BCUT2D eigenvalue weighted by Crippen LogP contribution is 2.26. The second-order valence-corrected chi connectivity index (χ2v) is 5.49. The minimum absolute atomic E-state index is 0.446. The van der Waals surface area contributed by atoms with Crippen molar-refractivity contribution >= 4 is 29.5 Å². The molecule has 0 amide bonds. The Hall–Kier alpha value is -0.770. The Morgan fingerprint density at radius 2 is 1.76 bits per heavy atom. The molecule has 0 heterocycles. The lowest BCUT2D eigenvalue weighted by molar-refractivity contribution is -0.910. The standard InChI is InChI=1S/C12H18Cl2N3/c1-16(2)9-15-17(3,4)8-10-11(13)6-5-7-12(10)14/h5-7,9H,8H2,1-4H3/q+1/b15-9+. The average molecular weight is 275 g/mol. The minimum atomic E-state index is 0.446. The first-order valence-corrected chi connectivity index (χ1v) is 6.05. The molecule has 0 aliphatic rings. The number of hydrogen-bond acceptors (Lipinski definition) is 1. The summed E-state index contributed by atoms with van der Waals surface area (Å²) in [6.07, 6.45) is 1.78. The van der Waals surface area contributed by atoms with Crippen LogP contribution >= 0.6 is 23.2 Å². The molecule has 0 aromatic heterocycles. The normalized spacial score (nSPS) is 12.1. The van der Waals surface area contributed by atoms with Crippen LogP contribution in [0.15, 0.2) is 23.3 Å². The van der Waals surface area contributed by atoms with Gasteiger partial charge in [0.2, 0.25) is 0 Å². The number of rotatable bonds is 4. The Labute approximate surface area is 113 Å². The smallest absolute Gasteiger partial charge is 0.146 e. The summed E-state index contributed by atoms with van der Waals surface area (Å²) < 4.78 is 0.446. The topological polar surface area (TPSA) is 15.6 Å². The fourth-order valence-corrected chi connectivity index (χ4v) is 1.87. The van der Waals surface area contributed by atoms with Crippen molar-refractivity contribution in [1.82, 2.24) is 4.90 Å². The van der Waals surface area contributed by atoms with Crippen LogP contribution in [0.4, 0.5) is 0 Å². The molecule has 0 spiro atoms. The van der Waals surface area contributed by atoms with E-state index in [4.69, 9.17) is 23.2 Å². The van der Waals surface area contributed by atoms with E-state index in [1.54, 1.807) is 6.34 Å². The van der Waals surface area contributed by atoms with Gasteiger partial charge in [0, 0.05) is 19.7 Å². The molecule has 0 aliphatic heterocycles. The molecule has 0 saturated carbocycles. The first kappa shape index (κ1) is 14.3. The van der Waals surface area contributed by atoms with Gasteiger partial charge in [0.05, 0.1) is 24.1 Å². The third-order valence-electron chi connectivity index (χ3n) is 2.20. The molecule has 94 valence electrons. The van der Waals surface area contributed by atoms with Crippen LogP contribution in [0.3, 0.4) is 0 Å². The molecule has 0 N–H and O–H groups in total. The van der Waals surface area contributed by atoms with Crippen LogP contribution < -0.4 is 0 Å². The lowest BCUT2D eigenvalue weighted by Crippen LogP contribution is -2.34. The van der Waals surface area contributed by atoms with E-state index >= 15 is 0 Å². The highest BCUT2D eigenvalue weighted by Gasteiger charge is 2.19. The maximum absolute atomic E-state index is 6.14. The fourth-order valence-electron chi connectivity index (χ4n) is 1.35. The predicted octanol–water partition coefficient (Wildman–Crippen LogP) is 3.07. The van der Waals surface area contributed by atoms with Gasteiger partial charge in [-0.3, -0.25) is 0 Å². The molecular formula is C12H18Cl2N3+. The molecule has 3 nitrogen and oxygen atoms in total. The second-order valence-electron chi connectivity index (χ2n) is 4.67. The van der Waals surface area contributed by atoms with Crippen molar-refractivity contribution < 1.29 is 4.59 Å². The van der Waals surface area contributed by atoms with Crippen LogP contribution in [-0.2, 0) is 6.54 Å². The molecule has 1 rings (SSSR count). The zero-order chi connectivity index (χ0) is 13.1. The van der Waals surface area contributed by atoms with E-state index in [0.717, 1.165) is 5.56 Å². The van der Waals surface area contributed by atoms with E-state index in [-0.39, 0.29) is 0 Å². The van der Waals surface area contributed by atoms with E-state index in [0.29, 0.717) is 21.2 Å². The number of benzene rings is 1. The van der Waals surface area contributed by atoms with Crippen molar-refractivity contribution in [3.8, 4) is 0 Å². The van der Waals surface area contributed by atoms with E-state index < -0.39 is 0 Å². The molecule has 0 bridgehead atoms. The molecule has 0 saturated heterocycles. The molecule has 1 aromatic rings. The molecule has 0 atom stereocenters. The summed E-state index contributed by atoms with van der Waals surface area (Å²) in [5.41, 5.74) is 0.928. The Morgan fingerprint density at radius 3 is 2.24 bits per heavy atom. The lowest BCUT2D eigenvalue weighted by Gasteiger charge is -2.23. The van der Waals surface area contributed by atoms with Gasteiger partial charge >= 0.3 is 0 Å². The Kier molecular flexibility index (Phi) is 4.80. The zero-order valence-electron chi connectivity index (χ0n) is 10.6. The van der Waals surface area contributed by atoms with Crippen molar-refractivity contribution in [2.45, 2.75) is 6.54 Å². The third-order valence-corrected chi connectivity index (χ3v) is 2.91. The van der Waals surface area contributed by atoms with E-state index in [9.17, 15) is 0 Å². The van der Waals surface area contributed by atoms with Gasteiger partial charge in [0.1, 0.15) is 12.9 Å². The zero-order valence-corrected chi connectivity index (χ0v) is 12.1. The number of nitrogens with zero attached hydrogens (tertiary/aromatic N) is 3. The summed E-state index contributed by atoms with van der Waals surface area (Å²) in [7, 11) is 7.87. The maximum Gasteiger partial charge on any atom is 0.146 e. The summed E-state index contributed by atoms with van der Waals surface area (Å²) >= 11 is 12.3. The Balaban J connectivity index is 2.90. The number of quaternary nitrogens is 1. The Bertz CT molecular complexity index is 394. The highest BCUT2D eigenvalue weighted by atomic mass is 35.5. The van der Waals surface area contributed by atoms with Crippen molar-refractivity contribution in [2.24, 2.45) is 5.10 Å². The molecule has 1 aromatic carbocycles. The van der Waals surface area contributed by atoms with Crippen LogP contribution in [0.5, 0.6) is 0 Å². The predicted molar refractivity (Wildman–Crippen MR) is 74.5 cm³/mol. The second kappa shape index (κ2) is 5.71. The largest absolute Gasteiger partial charge is 0.364 e. The molecule has 0 fully saturated rings. The van der Waals surface area contributed by atoms with E-state index in [1.165, 1.54) is 0 Å². The number of halogens is 2. The summed E-state index contributed by atoms with van der Waals surface area (Å²) in [5, 5.41) is 5.82. The molecule has 0 unspecified atom stereocenters. The minimum Gasteiger partial charge on any atom is -0.364 e. The van der Waals surface area contributed by atoms with Crippen LogP contribution in [0, 0.1) is 0 Å². The summed E-state index contributed by atoms with van der Waals surface area (Å²) in [5.74, 6) is 0. The van der Waals surface area contributed by atoms with Crippen LogP contribution in [0.2, 0.25) is 10.0 Å². The quantitative estimate of drug-likeness (QED) is 0.357. The lowest BCUT2D eigenvalue weighted by atomic mass is 10.2. The highest BCUT2D eigenvalue weighted by molar-refractivity contribution is 6.35. The van der Waals surface area contributed by atoms with Gasteiger partial charge in [0.25, 0.3) is 0 Å². The van der Waals surface area contributed by atoms with Crippen molar-refractivity contribution in [2.75, 3.05) is 28.2 Å². The van der Waals surface area contributed by atoms with Crippen molar-refractivity contribution in [3.63, 3.8) is 0 Å². The fraction of sp³-hybridized carbons (Fsp3) is 0.417. The van der Waals surface area contributed by atoms with Crippen molar-refractivity contribution in [1.29, 1.82) is 0 Å². The average Bonchev–Trinajstić information content (AvgIpc) is 2.21. The van der Waals surface area contributed by atoms with Gasteiger partial charge < -0.3 is 4.90 Å². The van der Waals surface area contributed by atoms with Gasteiger partial charge in [-0.2, -0.15) is 4.59 Å². The molecule has 0 radical (unpaired) electrons. The summed E-state index contributed by atoms with van der Waals surface area (Å²) in [6.45, 7) is 0.656. The van der Waals surface area contributed by atoms with Gasteiger partial charge in [0.15, 0.2) is 0 Å². The van der Waals surface area contributed by atoms with E-state index in [1.807, 2.05) is 51.3 Å². The van der Waals surface area contributed by atoms with Crippen LogP contribution in [0.1, 0.15) is 5.56 Å². The van der Waals surface area contributed by atoms with Crippen LogP contribution in [0.25, 0.3) is 0 Å². The monoisotopic (exact) mass is 274 g/mol. The molecular weight excluding hydrogens is 257 g/mol. The van der Waals surface area contributed by atoms with E-state index in [2.05, 4.69) is 5.10 Å². The molecule has 5 heteroatoms. The molecule has 17 heavy (non-hydrogen) atoms. The van der Waals surface area contributed by atoms with Gasteiger partial charge in [-0.15, -0.1) is 0 Å². The number of hydrogen-bond donors (Lipinski definition) is 0. The van der Waals surface area contributed by atoms with Crippen LogP contribution in [-0.4, -0.2) is 44.0 Å². The Morgan fingerprint density at radius 1 is 1.24 bits per heavy atom. The first-order chi connectivity index (χ1) is 7.82. The van der Waals surface area contributed by atoms with Gasteiger partial charge in [-0.1, -0.05) is 34.4 Å². The first-order valence-electron chi connectivity index (χ1n) is 5.30. The SMILES string of the molecule is CN(C)/C=N/[N+](C)(C)Cc1c(Cl)cccc1Cl. The maximum atomic E-state index is 6.14. The molecule has 0 aliphatic carbocycles. The summed E-state index contributed by atoms with van der Waals surface area (Å²) in [4.78, 5) is 1.90. The van der Waals surface area contributed by atoms with Crippen molar-refractivity contribution in [3.05, 3.63) is 33.8 Å². The summed E-state index contributed by atoms with van der Waals surface area (Å²) in [6, 6.07) is 5.54.